The normalized spacial score (nSPS) is 25.5. The van der Waals surface area contributed by atoms with Gasteiger partial charge in [-0.05, 0) is 18.9 Å². The Hall–Kier alpha value is -1.40. The predicted molar refractivity (Wildman–Crippen MR) is 75.3 cm³/mol. The summed E-state index contributed by atoms with van der Waals surface area (Å²) in [6, 6.07) is 0. The molecule has 0 radical (unpaired) electrons. The summed E-state index contributed by atoms with van der Waals surface area (Å²) in [7, 11) is 0. The Bertz CT molecular complexity index is 437. The number of carbonyl (C=O) groups excluding carboxylic acids is 2. The largest absolute Gasteiger partial charge is 0.346 e. The van der Waals surface area contributed by atoms with Gasteiger partial charge >= 0.3 is 0 Å². The average Bonchev–Trinajstić information content (AvgIpc) is 3.16. The smallest absolute Gasteiger partial charge is 0.245 e. The van der Waals surface area contributed by atoms with E-state index < -0.39 is 5.79 Å². The fourth-order valence-electron chi connectivity index (χ4n) is 3.41. The third-order valence-electron chi connectivity index (χ3n) is 4.65. The first kappa shape index (κ1) is 14.5. The Balaban J connectivity index is 1.53. The molecule has 21 heavy (non-hydrogen) atoms. The maximum Gasteiger partial charge on any atom is 0.245 e. The van der Waals surface area contributed by atoms with Crippen LogP contribution in [0.3, 0.4) is 0 Å². The van der Waals surface area contributed by atoms with Gasteiger partial charge in [-0.2, -0.15) is 0 Å². The van der Waals surface area contributed by atoms with E-state index in [-0.39, 0.29) is 17.7 Å². The zero-order valence-corrected chi connectivity index (χ0v) is 12.3. The van der Waals surface area contributed by atoms with Gasteiger partial charge in [0.2, 0.25) is 11.8 Å². The van der Waals surface area contributed by atoms with Gasteiger partial charge in [-0.25, -0.2) is 0 Å². The van der Waals surface area contributed by atoms with E-state index in [2.05, 4.69) is 6.58 Å². The number of likely N-dealkylation sites (tertiary alicyclic amines) is 2. The first-order valence-electron chi connectivity index (χ1n) is 7.62. The number of ether oxygens (including phenoxy) is 2. The Labute approximate surface area is 124 Å². The highest BCUT2D eigenvalue weighted by Crippen LogP contribution is 2.32. The highest BCUT2D eigenvalue weighted by Gasteiger charge is 2.46. The summed E-state index contributed by atoms with van der Waals surface area (Å²) in [5.41, 5.74) is 0. The molecule has 0 atom stereocenters. The summed E-state index contributed by atoms with van der Waals surface area (Å²) < 4.78 is 11.3. The molecule has 0 aromatic heterocycles. The minimum absolute atomic E-state index is 0.00965. The fraction of sp³-hybridized carbons (Fsp3) is 0.733. The van der Waals surface area contributed by atoms with E-state index in [1.165, 1.54) is 6.08 Å². The zero-order valence-electron chi connectivity index (χ0n) is 12.3. The second-order valence-electron chi connectivity index (χ2n) is 5.92. The Morgan fingerprint density at radius 3 is 2.38 bits per heavy atom. The van der Waals surface area contributed by atoms with Crippen LogP contribution >= 0.6 is 0 Å². The van der Waals surface area contributed by atoms with Crippen LogP contribution in [0.1, 0.15) is 19.3 Å². The summed E-state index contributed by atoms with van der Waals surface area (Å²) in [5, 5.41) is 0. The van der Waals surface area contributed by atoms with E-state index in [1.54, 1.807) is 4.90 Å². The third kappa shape index (κ3) is 2.82. The SMILES string of the molecule is C=CC(=O)N1CCC(C(=O)N2CCC3(C2)OCCO3)CC1. The molecule has 116 valence electrons. The van der Waals surface area contributed by atoms with Crippen molar-refractivity contribution in [2.75, 3.05) is 39.4 Å². The second kappa shape index (κ2) is 5.77. The van der Waals surface area contributed by atoms with E-state index >= 15 is 0 Å². The molecular formula is C15H22N2O4. The molecule has 1 spiro atoms. The number of hydrogen-bond donors (Lipinski definition) is 0. The number of amides is 2. The number of nitrogens with zero attached hydrogens (tertiary/aromatic N) is 2. The summed E-state index contributed by atoms with van der Waals surface area (Å²) >= 11 is 0. The maximum atomic E-state index is 12.6. The molecular weight excluding hydrogens is 272 g/mol. The predicted octanol–water partition coefficient (Wildman–Crippen LogP) is 0.386. The fourth-order valence-corrected chi connectivity index (χ4v) is 3.41. The van der Waals surface area contributed by atoms with Crippen LogP contribution in [-0.4, -0.2) is 66.8 Å². The number of rotatable bonds is 2. The number of carbonyl (C=O) groups is 2. The van der Waals surface area contributed by atoms with Crippen molar-refractivity contribution in [3.8, 4) is 0 Å². The van der Waals surface area contributed by atoms with Gasteiger partial charge in [-0.1, -0.05) is 6.58 Å². The first-order valence-corrected chi connectivity index (χ1v) is 7.62. The van der Waals surface area contributed by atoms with Gasteiger partial charge in [0.05, 0.1) is 19.8 Å². The summed E-state index contributed by atoms with van der Waals surface area (Å²) in [6.45, 7) is 7.23. The van der Waals surface area contributed by atoms with Crippen LogP contribution in [0.2, 0.25) is 0 Å². The van der Waals surface area contributed by atoms with Crippen molar-refractivity contribution < 1.29 is 19.1 Å². The van der Waals surface area contributed by atoms with Crippen LogP contribution in [0.5, 0.6) is 0 Å². The van der Waals surface area contributed by atoms with E-state index in [0.717, 1.165) is 19.3 Å². The van der Waals surface area contributed by atoms with E-state index in [9.17, 15) is 9.59 Å². The van der Waals surface area contributed by atoms with Crippen molar-refractivity contribution in [2.45, 2.75) is 25.0 Å². The molecule has 3 heterocycles. The van der Waals surface area contributed by atoms with Crippen LogP contribution < -0.4 is 0 Å². The van der Waals surface area contributed by atoms with Crippen molar-refractivity contribution in [3.05, 3.63) is 12.7 Å². The molecule has 3 aliphatic heterocycles. The molecule has 6 heteroatoms. The summed E-state index contributed by atoms with van der Waals surface area (Å²) in [6.07, 6.45) is 3.54. The molecule has 6 nitrogen and oxygen atoms in total. The van der Waals surface area contributed by atoms with Gasteiger partial charge in [0.1, 0.15) is 0 Å². The molecule has 0 N–H and O–H groups in total. The highest BCUT2D eigenvalue weighted by molar-refractivity contribution is 5.87. The van der Waals surface area contributed by atoms with Gasteiger partial charge < -0.3 is 19.3 Å². The van der Waals surface area contributed by atoms with Crippen LogP contribution in [0.25, 0.3) is 0 Å². The van der Waals surface area contributed by atoms with Crippen molar-refractivity contribution in [3.63, 3.8) is 0 Å². The van der Waals surface area contributed by atoms with Crippen molar-refractivity contribution >= 4 is 11.8 Å². The molecule has 0 saturated carbocycles. The maximum absolute atomic E-state index is 12.6. The monoisotopic (exact) mass is 294 g/mol. The summed E-state index contributed by atoms with van der Waals surface area (Å²) in [4.78, 5) is 27.7. The van der Waals surface area contributed by atoms with Gasteiger partial charge in [-0.3, -0.25) is 9.59 Å². The van der Waals surface area contributed by atoms with Crippen LogP contribution in [0, 0.1) is 5.92 Å². The third-order valence-corrected chi connectivity index (χ3v) is 4.65. The lowest BCUT2D eigenvalue weighted by atomic mass is 9.95. The first-order chi connectivity index (χ1) is 10.1. The van der Waals surface area contributed by atoms with Crippen LogP contribution in [0.4, 0.5) is 0 Å². The lowest BCUT2D eigenvalue weighted by molar-refractivity contribution is -0.155. The van der Waals surface area contributed by atoms with E-state index in [0.29, 0.717) is 39.4 Å². The molecule has 0 bridgehead atoms. The highest BCUT2D eigenvalue weighted by atomic mass is 16.7. The molecule has 0 unspecified atom stereocenters. The molecule has 2 amide bonds. The molecule has 3 fully saturated rings. The van der Waals surface area contributed by atoms with Crippen molar-refractivity contribution in [1.82, 2.24) is 9.80 Å². The average molecular weight is 294 g/mol. The van der Waals surface area contributed by atoms with Gasteiger partial charge in [-0.15, -0.1) is 0 Å². The topological polar surface area (TPSA) is 59.1 Å². The molecule has 0 aromatic rings. The van der Waals surface area contributed by atoms with E-state index in [1.807, 2.05) is 4.90 Å². The van der Waals surface area contributed by atoms with Crippen molar-refractivity contribution in [1.29, 1.82) is 0 Å². The number of hydrogen-bond acceptors (Lipinski definition) is 4. The van der Waals surface area contributed by atoms with E-state index in [4.69, 9.17) is 9.47 Å². The standard InChI is InChI=1S/C15H22N2O4/c1-2-13(18)16-6-3-12(4-7-16)14(19)17-8-5-15(11-17)20-9-10-21-15/h2,12H,1,3-11H2. The lowest BCUT2D eigenvalue weighted by Crippen LogP contribution is -2.44. The minimum atomic E-state index is -0.546. The van der Waals surface area contributed by atoms with Crippen LogP contribution in [0.15, 0.2) is 12.7 Å². The molecule has 0 aliphatic carbocycles. The molecule has 3 aliphatic rings. The zero-order chi connectivity index (χ0) is 14.9. The van der Waals surface area contributed by atoms with Gasteiger partial charge in [0.25, 0.3) is 0 Å². The minimum Gasteiger partial charge on any atom is -0.346 e. The van der Waals surface area contributed by atoms with Gasteiger partial charge in [0, 0.05) is 32.0 Å². The molecule has 3 saturated heterocycles. The lowest BCUT2D eigenvalue weighted by Gasteiger charge is -2.33. The molecule has 0 aromatic carbocycles. The van der Waals surface area contributed by atoms with Crippen LogP contribution in [-0.2, 0) is 19.1 Å². The Morgan fingerprint density at radius 2 is 1.76 bits per heavy atom. The number of piperidine rings is 1. The van der Waals surface area contributed by atoms with Crippen molar-refractivity contribution in [2.24, 2.45) is 5.92 Å². The molecule has 3 rings (SSSR count). The summed E-state index contributed by atoms with van der Waals surface area (Å²) in [5.74, 6) is -0.407. The Kier molecular flexibility index (Phi) is 3.99. The Morgan fingerprint density at radius 1 is 1.10 bits per heavy atom. The quantitative estimate of drug-likeness (QED) is 0.691. The second-order valence-corrected chi connectivity index (χ2v) is 5.92. The van der Waals surface area contributed by atoms with Gasteiger partial charge in [0.15, 0.2) is 5.79 Å².